The molecule has 0 saturated heterocycles. The number of pyridine rings is 1. The fraction of sp³-hybridized carbons (Fsp3) is 0.350. The minimum atomic E-state index is 0.501. The standard InChI is InChI=1S/C20H22BrN3O/c1-25-17-10-6-5-9-16(17)19-20(22-15-7-3-2-4-8-15)24-13-14(21)11-12-18(24)23-19/h5-6,9-13,15,22H,2-4,7-8H2,1H3. The molecule has 25 heavy (non-hydrogen) atoms. The van der Waals surface area contributed by atoms with E-state index in [2.05, 4.69) is 37.9 Å². The Kier molecular flexibility index (Phi) is 4.66. The van der Waals surface area contributed by atoms with E-state index in [9.17, 15) is 0 Å². The number of imidazole rings is 1. The summed E-state index contributed by atoms with van der Waals surface area (Å²) in [6, 6.07) is 12.6. The average molecular weight is 400 g/mol. The first-order chi connectivity index (χ1) is 12.3. The fourth-order valence-corrected chi connectivity index (χ4v) is 3.96. The van der Waals surface area contributed by atoms with Crippen molar-refractivity contribution in [3.8, 4) is 17.0 Å². The summed E-state index contributed by atoms with van der Waals surface area (Å²) in [5.74, 6) is 1.89. The van der Waals surface area contributed by atoms with Gasteiger partial charge in [0.15, 0.2) is 0 Å². The Balaban J connectivity index is 1.86. The molecule has 2 heterocycles. The van der Waals surface area contributed by atoms with Crippen LogP contribution in [-0.4, -0.2) is 22.5 Å². The van der Waals surface area contributed by atoms with Gasteiger partial charge < -0.3 is 10.1 Å². The van der Waals surface area contributed by atoms with Crippen LogP contribution in [0.1, 0.15) is 32.1 Å². The predicted molar refractivity (Wildman–Crippen MR) is 105 cm³/mol. The summed E-state index contributed by atoms with van der Waals surface area (Å²) >= 11 is 3.58. The zero-order valence-corrected chi connectivity index (χ0v) is 15.9. The van der Waals surface area contributed by atoms with Crippen LogP contribution in [0.4, 0.5) is 5.82 Å². The maximum absolute atomic E-state index is 5.58. The number of hydrogen-bond donors (Lipinski definition) is 1. The van der Waals surface area contributed by atoms with Gasteiger partial charge in [0.1, 0.15) is 22.9 Å². The fourth-order valence-electron chi connectivity index (χ4n) is 3.63. The lowest BCUT2D eigenvalue weighted by molar-refractivity contribution is 0.416. The Bertz CT molecular complexity index is 884. The van der Waals surface area contributed by atoms with Crippen molar-refractivity contribution in [3.05, 3.63) is 47.1 Å². The second-order valence-corrected chi connectivity index (χ2v) is 7.48. The topological polar surface area (TPSA) is 38.6 Å². The van der Waals surface area contributed by atoms with Crippen molar-refractivity contribution in [1.82, 2.24) is 9.38 Å². The lowest BCUT2D eigenvalue weighted by Crippen LogP contribution is -2.23. The number of anilines is 1. The number of aromatic nitrogens is 2. The lowest BCUT2D eigenvalue weighted by atomic mass is 9.95. The van der Waals surface area contributed by atoms with Crippen molar-refractivity contribution in [2.75, 3.05) is 12.4 Å². The van der Waals surface area contributed by atoms with E-state index in [0.29, 0.717) is 6.04 Å². The number of nitrogens with zero attached hydrogens (tertiary/aromatic N) is 2. The third kappa shape index (κ3) is 3.25. The molecule has 0 spiro atoms. The normalized spacial score (nSPS) is 15.4. The van der Waals surface area contributed by atoms with E-state index in [0.717, 1.165) is 32.9 Å². The van der Waals surface area contributed by atoms with Gasteiger partial charge in [0.05, 0.1) is 7.11 Å². The third-order valence-electron chi connectivity index (χ3n) is 4.89. The number of methoxy groups -OCH3 is 1. The maximum atomic E-state index is 5.58. The van der Waals surface area contributed by atoms with E-state index < -0.39 is 0 Å². The number of fused-ring (bicyclic) bond motifs is 1. The first kappa shape index (κ1) is 16.5. The molecule has 0 amide bonds. The molecule has 1 fully saturated rings. The van der Waals surface area contributed by atoms with Crippen molar-refractivity contribution >= 4 is 27.4 Å². The van der Waals surface area contributed by atoms with Crippen LogP contribution in [0.15, 0.2) is 47.1 Å². The molecule has 2 aromatic heterocycles. The lowest BCUT2D eigenvalue weighted by Gasteiger charge is -2.24. The van der Waals surface area contributed by atoms with Gasteiger partial charge >= 0.3 is 0 Å². The minimum absolute atomic E-state index is 0.501. The zero-order valence-electron chi connectivity index (χ0n) is 14.3. The molecule has 130 valence electrons. The Morgan fingerprint density at radius 3 is 2.72 bits per heavy atom. The van der Waals surface area contributed by atoms with E-state index in [1.54, 1.807) is 7.11 Å². The van der Waals surface area contributed by atoms with E-state index in [1.165, 1.54) is 32.1 Å². The van der Waals surface area contributed by atoms with Crippen LogP contribution in [0.25, 0.3) is 16.9 Å². The first-order valence-electron chi connectivity index (χ1n) is 8.84. The van der Waals surface area contributed by atoms with E-state index in [4.69, 9.17) is 9.72 Å². The van der Waals surface area contributed by atoms with Crippen LogP contribution in [-0.2, 0) is 0 Å². The molecular formula is C20H22BrN3O. The SMILES string of the molecule is COc1ccccc1-c1nc2ccc(Br)cn2c1NC1CCCCC1. The number of benzene rings is 1. The highest BCUT2D eigenvalue weighted by molar-refractivity contribution is 9.10. The second-order valence-electron chi connectivity index (χ2n) is 6.56. The molecule has 1 saturated carbocycles. The molecule has 0 aliphatic heterocycles. The summed E-state index contributed by atoms with van der Waals surface area (Å²) in [5.41, 5.74) is 2.90. The van der Waals surface area contributed by atoms with Crippen LogP contribution in [0.3, 0.4) is 0 Å². The molecule has 5 heteroatoms. The Morgan fingerprint density at radius 1 is 1.12 bits per heavy atom. The van der Waals surface area contributed by atoms with E-state index >= 15 is 0 Å². The summed E-state index contributed by atoms with van der Waals surface area (Å²) in [7, 11) is 1.71. The Hall–Kier alpha value is -2.01. The van der Waals surface area contributed by atoms with Gasteiger partial charge in [0.2, 0.25) is 0 Å². The molecule has 0 bridgehead atoms. The molecule has 0 radical (unpaired) electrons. The van der Waals surface area contributed by atoms with Crippen LogP contribution in [0.5, 0.6) is 5.75 Å². The van der Waals surface area contributed by atoms with Crippen LogP contribution in [0.2, 0.25) is 0 Å². The largest absolute Gasteiger partial charge is 0.496 e. The highest BCUT2D eigenvalue weighted by Crippen LogP contribution is 2.36. The molecule has 1 N–H and O–H groups in total. The number of nitrogens with one attached hydrogen (secondary N) is 1. The van der Waals surface area contributed by atoms with Gasteiger partial charge in [-0.15, -0.1) is 0 Å². The van der Waals surface area contributed by atoms with Gasteiger partial charge in [-0.3, -0.25) is 4.40 Å². The molecule has 1 aliphatic rings. The first-order valence-corrected chi connectivity index (χ1v) is 9.63. The minimum Gasteiger partial charge on any atom is -0.496 e. The highest BCUT2D eigenvalue weighted by atomic mass is 79.9. The van der Waals surface area contributed by atoms with Crippen LogP contribution in [0, 0.1) is 0 Å². The molecular weight excluding hydrogens is 378 g/mol. The van der Waals surface area contributed by atoms with Gasteiger partial charge in [-0.25, -0.2) is 4.98 Å². The maximum Gasteiger partial charge on any atom is 0.139 e. The third-order valence-corrected chi connectivity index (χ3v) is 5.36. The monoisotopic (exact) mass is 399 g/mol. The second kappa shape index (κ2) is 7.08. The smallest absolute Gasteiger partial charge is 0.139 e. The van der Waals surface area contributed by atoms with Crippen molar-refractivity contribution in [1.29, 1.82) is 0 Å². The van der Waals surface area contributed by atoms with Crippen molar-refractivity contribution < 1.29 is 4.74 Å². The quantitative estimate of drug-likeness (QED) is 0.627. The number of halogens is 1. The molecule has 4 rings (SSSR count). The molecule has 0 atom stereocenters. The Morgan fingerprint density at radius 2 is 1.92 bits per heavy atom. The summed E-state index contributed by atoms with van der Waals surface area (Å²) in [5, 5.41) is 3.77. The zero-order chi connectivity index (χ0) is 17.2. The number of ether oxygens (including phenoxy) is 1. The highest BCUT2D eigenvalue weighted by Gasteiger charge is 2.21. The molecule has 4 nitrogen and oxygen atoms in total. The number of para-hydroxylation sites is 1. The summed E-state index contributed by atoms with van der Waals surface area (Å²) < 4.78 is 8.76. The average Bonchev–Trinajstić information content (AvgIpc) is 3.00. The van der Waals surface area contributed by atoms with E-state index in [-0.39, 0.29) is 0 Å². The molecule has 3 aromatic rings. The summed E-state index contributed by atoms with van der Waals surface area (Å²) in [6.45, 7) is 0. The van der Waals surface area contributed by atoms with E-state index in [1.807, 2.05) is 30.3 Å². The van der Waals surface area contributed by atoms with Gasteiger partial charge in [-0.05, 0) is 53.0 Å². The van der Waals surface area contributed by atoms with Gasteiger partial charge in [-0.1, -0.05) is 31.4 Å². The van der Waals surface area contributed by atoms with Gasteiger partial charge in [0.25, 0.3) is 0 Å². The van der Waals surface area contributed by atoms with Crippen LogP contribution < -0.4 is 10.1 Å². The Labute approximate surface area is 156 Å². The van der Waals surface area contributed by atoms with Crippen LogP contribution >= 0.6 is 15.9 Å². The predicted octanol–water partition coefficient (Wildman–Crippen LogP) is 5.52. The number of rotatable bonds is 4. The van der Waals surface area contributed by atoms with Crippen molar-refractivity contribution in [2.45, 2.75) is 38.1 Å². The van der Waals surface area contributed by atoms with Gasteiger partial charge in [0, 0.05) is 22.3 Å². The summed E-state index contributed by atoms with van der Waals surface area (Å²) in [6.07, 6.45) is 8.44. The summed E-state index contributed by atoms with van der Waals surface area (Å²) in [4.78, 5) is 4.90. The molecule has 1 aliphatic carbocycles. The van der Waals surface area contributed by atoms with Crippen molar-refractivity contribution in [3.63, 3.8) is 0 Å². The molecule has 0 unspecified atom stereocenters. The molecule has 1 aromatic carbocycles. The van der Waals surface area contributed by atoms with Gasteiger partial charge in [-0.2, -0.15) is 0 Å². The number of hydrogen-bond acceptors (Lipinski definition) is 3. The van der Waals surface area contributed by atoms with Crippen molar-refractivity contribution in [2.24, 2.45) is 0 Å².